The molecule has 0 spiro atoms. The number of carbonyl (C=O) groups excluding carboxylic acids is 1. The minimum Gasteiger partial charge on any atom is -0.314 e. The molecule has 0 atom stereocenters. The van der Waals surface area contributed by atoms with Crippen LogP contribution in [-0.4, -0.2) is 6.03 Å². The van der Waals surface area contributed by atoms with Gasteiger partial charge in [0, 0.05) is 16.4 Å². The molecule has 0 aliphatic carbocycles. The van der Waals surface area contributed by atoms with Crippen molar-refractivity contribution in [3.63, 3.8) is 0 Å². The summed E-state index contributed by atoms with van der Waals surface area (Å²) in [5.74, 6) is 0. The van der Waals surface area contributed by atoms with Crippen molar-refractivity contribution in [2.45, 2.75) is 6.92 Å². The number of aryl methyl sites for hydroxylation is 1. The molecule has 0 heterocycles. The number of rotatable bonds is 3. The van der Waals surface area contributed by atoms with Gasteiger partial charge in [-0.05, 0) is 42.8 Å². The molecular weight excluding hydrogens is 316 g/mol. The van der Waals surface area contributed by atoms with Crippen LogP contribution in [0.4, 0.5) is 10.5 Å². The molecule has 0 radical (unpaired) electrons. The second kappa shape index (κ2) is 6.91. The van der Waals surface area contributed by atoms with Gasteiger partial charge < -0.3 is 10.6 Å². The van der Waals surface area contributed by atoms with Gasteiger partial charge in [-0.25, -0.2) is 4.79 Å². The number of hydrogen-bond donors (Lipinski definition) is 2. The second-order valence-electron chi connectivity index (χ2n) is 4.35. The Hall–Kier alpha value is -2.07. The van der Waals surface area contributed by atoms with Crippen LogP contribution < -0.4 is 10.6 Å². The zero-order valence-corrected chi connectivity index (χ0v) is 12.6. The van der Waals surface area contributed by atoms with E-state index in [9.17, 15) is 4.79 Å². The number of hydrogen-bond acceptors (Lipinski definition) is 1. The van der Waals surface area contributed by atoms with E-state index in [1.807, 2.05) is 61.5 Å². The van der Waals surface area contributed by atoms with Gasteiger partial charge in [-0.15, -0.1) is 0 Å². The summed E-state index contributed by atoms with van der Waals surface area (Å²) in [6.07, 6.45) is 3.45. The van der Waals surface area contributed by atoms with Crippen molar-refractivity contribution in [1.82, 2.24) is 5.32 Å². The Labute approximate surface area is 126 Å². The maximum atomic E-state index is 11.7. The van der Waals surface area contributed by atoms with Crippen LogP contribution in [0.15, 0.2) is 59.2 Å². The molecule has 2 rings (SSSR count). The van der Waals surface area contributed by atoms with Crippen LogP contribution in [-0.2, 0) is 0 Å². The predicted molar refractivity (Wildman–Crippen MR) is 86.5 cm³/mol. The zero-order chi connectivity index (χ0) is 14.4. The lowest BCUT2D eigenvalue weighted by Crippen LogP contribution is -2.23. The minimum absolute atomic E-state index is 0.264. The summed E-state index contributed by atoms with van der Waals surface area (Å²) in [6.45, 7) is 2.00. The molecule has 2 N–H and O–H groups in total. The highest BCUT2D eigenvalue weighted by Crippen LogP contribution is 2.12. The fourth-order valence-corrected chi connectivity index (χ4v) is 2.04. The zero-order valence-electron chi connectivity index (χ0n) is 11.1. The van der Waals surface area contributed by atoms with E-state index in [4.69, 9.17) is 0 Å². The van der Waals surface area contributed by atoms with Gasteiger partial charge in [0.05, 0.1) is 0 Å². The molecular formula is C16H15BrN2O. The Balaban J connectivity index is 1.87. The Morgan fingerprint density at radius 1 is 1.15 bits per heavy atom. The first kappa shape index (κ1) is 14.3. The maximum absolute atomic E-state index is 11.7. The molecule has 0 aliphatic heterocycles. The Morgan fingerprint density at radius 3 is 2.60 bits per heavy atom. The fourth-order valence-electron chi connectivity index (χ4n) is 1.63. The SMILES string of the molecule is Cc1ccc(NC(=O)N/C=C/c2cccc(Br)c2)cc1. The largest absolute Gasteiger partial charge is 0.323 e. The van der Waals surface area contributed by atoms with Crippen molar-refractivity contribution < 1.29 is 4.79 Å². The van der Waals surface area contributed by atoms with E-state index in [1.54, 1.807) is 6.20 Å². The van der Waals surface area contributed by atoms with Gasteiger partial charge in [-0.3, -0.25) is 0 Å². The number of halogens is 1. The number of carbonyl (C=O) groups is 1. The van der Waals surface area contributed by atoms with Crippen LogP contribution in [0.25, 0.3) is 6.08 Å². The molecule has 0 aliphatic rings. The van der Waals surface area contributed by atoms with Crippen molar-refractivity contribution in [3.05, 3.63) is 70.3 Å². The van der Waals surface area contributed by atoms with E-state index < -0.39 is 0 Å². The number of anilines is 1. The van der Waals surface area contributed by atoms with Gasteiger partial charge in [0.2, 0.25) is 0 Å². The lowest BCUT2D eigenvalue weighted by atomic mass is 10.2. The van der Waals surface area contributed by atoms with E-state index in [0.29, 0.717) is 0 Å². The van der Waals surface area contributed by atoms with E-state index in [-0.39, 0.29) is 6.03 Å². The first-order valence-electron chi connectivity index (χ1n) is 6.20. The molecule has 3 nitrogen and oxygen atoms in total. The summed E-state index contributed by atoms with van der Waals surface area (Å²) < 4.78 is 1.00. The van der Waals surface area contributed by atoms with Gasteiger partial charge >= 0.3 is 6.03 Å². The first-order chi connectivity index (χ1) is 9.63. The number of urea groups is 1. The summed E-state index contributed by atoms with van der Waals surface area (Å²) >= 11 is 3.40. The summed E-state index contributed by atoms with van der Waals surface area (Å²) in [7, 11) is 0. The predicted octanol–water partition coefficient (Wildman–Crippen LogP) is 4.55. The van der Waals surface area contributed by atoms with Crippen LogP contribution in [0.3, 0.4) is 0 Å². The van der Waals surface area contributed by atoms with Crippen molar-refractivity contribution in [3.8, 4) is 0 Å². The smallest absolute Gasteiger partial charge is 0.314 e. The van der Waals surface area contributed by atoms with E-state index in [1.165, 1.54) is 0 Å². The van der Waals surface area contributed by atoms with Crippen LogP contribution in [0.1, 0.15) is 11.1 Å². The fraction of sp³-hybridized carbons (Fsp3) is 0.0625. The Kier molecular flexibility index (Phi) is 4.96. The van der Waals surface area contributed by atoms with Gasteiger partial charge in [0.1, 0.15) is 0 Å². The molecule has 0 unspecified atom stereocenters. The molecule has 0 aromatic heterocycles. The van der Waals surface area contributed by atoms with E-state index in [0.717, 1.165) is 21.3 Å². The van der Waals surface area contributed by atoms with Crippen molar-refractivity contribution in [1.29, 1.82) is 0 Å². The van der Waals surface area contributed by atoms with Crippen molar-refractivity contribution in [2.24, 2.45) is 0 Å². The molecule has 0 bridgehead atoms. The maximum Gasteiger partial charge on any atom is 0.323 e. The Bertz CT molecular complexity index is 621. The van der Waals surface area contributed by atoms with E-state index in [2.05, 4.69) is 26.6 Å². The third-order valence-electron chi connectivity index (χ3n) is 2.65. The lowest BCUT2D eigenvalue weighted by molar-refractivity contribution is 0.255. The number of benzene rings is 2. The highest BCUT2D eigenvalue weighted by molar-refractivity contribution is 9.10. The van der Waals surface area contributed by atoms with Gasteiger partial charge in [0.15, 0.2) is 0 Å². The standard InChI is InChI=1S/C16H15BrN2O/c1-12-5-7-15(8-6-12)19-16(20)18-10-9-13-3-2-4-14(17)11-13/h2-11H,1H3,(H2,18,19,20)/b10-9+. The number of nitrogens with one attached hydrogen (secondary N) is 2. The average molecular weight is 331 g/mol. The third kappa shape index (κ3) is 4.55. The molecule has 2 aromatic carbocycles. The summed E-state index contributed by atoms with van der Waals surface area (Å²) in [5.41, 5.74) is 2.93. The monoisotopic (exact) mass is 330 g/mol. The lowest BCUT2D eigenvalue weighted by Gasteiger charge is -2.04. The topological polar surface area (TPSA) is 41.1 Å². The summed E-state index contributed by atoms with van der Waals surface area (Å²) in [6, 6.07) is 15.2. The molecule has 102 valence electrons. The normalized spacial score (nSPS) is 10.5. The van der Waals surface area contributed by atoms with Gasteiger partial charge in [-0.1, -0.05) is 45.8 Å². The van der Waals surface area contributed by atoms with Crippen molar-refractivity contribution in [2.75, 3.05) is 5.32 Å². The summed E-state index contributed by atoms with van der Waals surface area (Å²) in [5, 5.41) is 5.42. The first-order valence-corrected chi connectivity index (χ1v) is 6.99. The second-order valence-corrected chi connectivity index (χ2v) is 5.27. The molecule has 0 saturated heterocycles. The minimum atomic E-state index is -0.264. The highest BCUT2D eigenvalue weighted by atomic mass is 79.9. The molecule has 2 aromatic rings. The van der Waals surface area contributed by atoms with Crippen LogP contribution in [0.5, 0.6) is 0 Å². The highest BCUT2D eigenvalue weighted by Gasteiger charge is 1.98. The van der Waals surface area contributed by atoms with Crippen LogP contribution in [0.2, 0.25) is 0 Å². The summed E-state index contributed by atoms with van der Waals surface area (Å²) in [4.78, 5) is 11.7. The molecule has 0 fully saturated rings. The third-order valence-corrected chi connectivity index (χ3v) is 3.14. The van der Waals surface area contributed by atoms with Gasteiger partial charge in [-0.2, -0.15) is 0 Å². The van der Waals surface area contributed by atoms with E-state index >= 15 is 0 Å². The molecule has 20 heavy (non-hydrogen) atoms. The molecule has 4 heteroatoms. The average Bonchev–Trinajstić information content (AvgIpc) is 2.41. The molecule has 0 saturated carbocycles. The van der Waals surface area contributed by atoms with Gasteiger partial charge in [0.25, 0.3) is 0 Å². The quantitative estimate of drug-likeness (QED) is 0.851. The van der Waals surface area contributed by atoms with Crippen LogP contribution >= 0.6 is 15.9 Å². The Morgan fingerprint density at radius 2 is 1.90 bits per heavy atom. The van der Waals surface area contributed by atoms with Crippen LogP contribution in [0, 0.1) is 6.92 Å². The number of amides is 2. The molecule has 2 amide bonds. The van der Waals surface area contributed by atoms with Crippen molar-refractivity contribution >= 4 is 33.7 Å².